The second-order valence-corrected chi connectivity index (χ2v) is 4.35. The number of rotatable bonds is 8. The largest absolute Gasteiger partial charge is 0.462 e. The molecule has 1 aromatic rings. The van der Waals surface area contributed by atoms with Crippen LogP contribution in [-0.4, -0.2) is 50.4 Å². The number of ether oxygens (including phenoxy) is 1. The standard InChI is InChI=1S/C12H22N2O3/c1-14(2)8-10(15)6-13-7-11-4-5-12(17-11)9-16-3/h4-5,10,13,15H,6-9H2,1-3H3. The molecule has 98 valence electrons. The highest BCUT2D eigenvalue weighted by atomic mass is 16.5. The molecule has 0 saturated heterocycles. The monoisotopic (exact) mass is 242 g/mol. The van der Waals surface area contributed by atoms with E-state index in [9.17, 15) is 5.11 Å². The molecule has 1 heterocycles. The quantitative estimate of drug-likeness (QED) is 0.692. The molecule has 1 atom stereocenters. The van der Waals surface area contributed by atoms with E-state index < -0.39 is 0 Å². The van der Waals surface area contributed by atoms with Crippen molar-refractivity contribution in [1.29, 1.82) is 0 Å². The lowest BCUT2D eigenvalue weighted by Crippen LogP contribution is -2.34. The molecule has 0 fully saturated rings. The Bertz CT molecular complexity index is 312. The Kier molecular flexibility index (Phi) is 6.21. The third-order valence-electron chi connectivity index (χ3n) is 2.26. The maximum atomic E-state index is 9.63. The van der Waals surface area contributed by atoms with E-state index in [1.54, 1.807) is 7.11 Å². The van der Waals surface area contributed by atoms with Crippen LogP contribution in [0.5, 0.6) is 0 Å². The minimum atomic E-state index is -0.363. The molecule has 5 heteroatoms. The molecule has 1 aromatic heterocycles. The van der Waals surface area contributed by atoms with Crippen LogP contribution in [-0.2, 0) is 17.9 Å². The van der Waals surface area contributed by atoms with Gasteiger partial charge in [0.1, 0.15) is 18.1 Å². The third kappa shape index (κ3) is 5.83. The molecule has 17 heavy (non-hydrogen) atoms. The summed E-state index contributed by atoms with van der Waals surface area (Å²) in [6, 6.07) is 3.82. The van der Waals surface area contributed by atoms with Gasteiger partial charge in [-0.3, -0.25) is 0 Å². The minimum absolute atomic E-state index is 0.363. The van der Waals surface area contributed by atoms with Crippen LogP contribution >= 0.6 is 0 Å². The van der Waals surface area contributed by atoms with Gasteiger partial charge in [-0.1, -0.05) is 0 Å². The fourth-order valence-electron chi connectivity index (χ4n) is 1.59. The highest BCUT2D eigenvalue weighted by Crippen LogP contribution is 2.08. The summed E-state index contributed by atoms with van der Waals surface area (Å²) in [6.45, 7) is 2.32. The van der Waals surface area contributed by atoms with Gasteiger partial charge < -0.3 is 24.5 Å². The zero-order chi connectivity index (χ0) is 12.7. The summed E-state index contributed by atoms with van der Waals surface area (Å²) in [7, 11) is 5.51. The minimum Gasteiger partial charge on any atom is -0.462 e. The summed E-state index contributed by atoms with van der Waals surface area (Å²) in [5, 5.41) is 12.8. The van der Waals surface area contributed by atoms with Gasteiger partial charge in [0, 0.05) is 20.2 Å². The van der Waals surface area contributed by atoms with E-state index >= 15 is 0 Å². The first kappa shape index (κ1) is 14.2. The van der Waals surface area contributed by atoms with Crippen molar-refractivity contribution in [2.75, 3.05) is 34.3 Å². The van der Waals surface area contributed by atoms with E-state index in [2.05, 4.69) is 5.32 Å². The van der Waals surface area contributed by atoms with Crippen molar-refractivity contribution in [3.63, 3.8) is 0 Å². The molecule has 1 unspecified atom stereocenters. The lowest BCUT2D eigenvalue weighted by atomic mass is 10.3. The van der Waals surface area contributed by atoms with Crippen LogP contribution in [0.4, 0.5) is 0 Å². The lowest BCUT2D eigenvalue weighted by Gasteiger charge is -2.15. The number of likely N-dealkylation sites (N-methyl/N-ethyl adjacent to an activating group) is 1. The van der Waals surface area contributed by atoms with Gasteiger partial charge in [-0.2, -0.15) is 0 Å². The van der Waals surface area contributed by atoms with Crippen LogP contribution in [0.25, 0.3) is 0 Å². The normalized spacial score (nSPS) is 13.2. The van der Waals surface area contributed by atoms with E-state index in [0.29, 0.717) is 26.2 Å². The van der Waals surface area contributed by atoms with E-state index in [1.807, 2.05) is 31.1 Å². The molecule has 1 rings (SSSR count). The Labute approximate surface area is 102 Å². The molecular weight excluding hydrogens is 220 g/mol. The number of hydrogen-bond acceptors (Lipinski definition) is 5. The summed E-state index contributed by atoms with van der Waals surface area (Å²) in [6.07, 6.45) is -0.363. The highest BCUT2D eigenvalue weighted by molar-refractivity contribution is 5.06. The first-order valence-corrected chi connectivity index (χ1v) is 5.72. The molecule has 0 spiro atoms. The number of nitrogens with one attached hydrogen (secondary N) is 1. The van der Waals surface area contributed by atoms with Gasteiger partial charge in [-0.15, -0.1) is 0 Å². The Morgan fingerprint density at radius 1 is 1.41 bits per heavy atom. The molecular formula is C12H22N2O3. The number of aliphatic hydroxyl groups excluding tert-OH is 1. The van der Waals surface area contributed by atoms with Crippen LogP contribution in [0.3, 0.4) is 0 Å². The third-order valence-corrected chi connectivity index (χ3v) is 2.26. The smallest absolute Gasteiger partial charge is 0.129 e. The van der Waals surface area contributed by atoms with Crippen LogP contribution in [0.15, 0.2) is 16.5 Å². The topological polar surface area (TPSA) is 57.9 Å². The maximum Gasteiger partial charge on any atom is 0.129 e. The maximum absolute atomic E-state index is 9.63. The fraction of sp³-hybridized carbons (Fsp3) is 0.667. The highest BCUT2D eigenvalue weighted by Gasteiger charge is 2.06. The van der Waals surface area contributed by atoms with Gasteiger partial charge >= 0.3 is 0 Å². The number of nitrogens with zero attached hydrogens (tertiary/aromatic N) is 1. The Morgan fingerprint density at radius 3 is 2.76 bits per heavy atom. The van der Waals surface area contributed by atoms with Crippen molar-refractivity contribution < 1.29 is 14.3 Å². The van der Waals surface area contributed by atoms with Crippen LogP contribution in [0.1, 0.15) is 11.5 Å². The van der Waals surface area contributed by atoms with Crippen molar-refractivity contribution in [2.24, 2.45) is 0 Å². The summed E-state index contributed by atoms with van der Waals surface area (Å²) in [5.41, 5.74) is 0. The second kappa shape index (κ2) is 7.45. The SMILES string of the molecule is COCc1ccc(CNCC(O)CN(C)C)o1. The summed E-state index contributed by atoms with van der Waals surface area (Å²) in [5.74, 6) is 1.67. The summed E-state index contributed by atoms with van der Waals surface area (Å²) >= 11 is 0. The molecule has 5 nitrogen and oxygen atoms in total. The predicted octanol–water partition coefficient (Wildman–Crippen LogP) is 0.438. The van der Waals surface area contributed by atoms with E-state index in [-0.39, 0.29) is 6.10 Å². The van der Waals surface area contributed by atoms with E-state index in [4.69, 9.17) is 9.15 Å². The Morgan fingerprint density at radius 2 is 2.12 bits per heavy atom. The van der Waals surface area contributed by atoms with E-state index in [0.717, 1.165) is 11.5 Å². The van der Waals surface area contributed by atoms with Crippen molar-refractivity contribution in [1.82, 2.24) is 10.2 Å². The van der Waals surface area contributed by atoms with Crippen LogP contribution in [0.2, 0.25) is 0 Å². The van der Waals surface area contributed by atoms with Gasteiger partial charge in [0.2, 0.25) is 0 Å². The molecule has 0 aliphatic rings. The van der Waals surface area contributed by atoms with Gasteiger partial charge in [0.15, 0.2) is 0 Å². The molecule has 0 saturated carbocycles. The number of hydrogen-bond donors (Lipinski definition) is 2. The van der Waals surface area contributed by atoms with Gasteiger partial charge in [0.25, 0.3) is 0 Å². The zero-order valence-electron chi connectivity index (χ0n) is 10.8. The van der Waals surface area contributed by atoms with Crippen molar-refractivity contribution in [2.45, 2.75) is 19.3 Å². The average molecular weight is 242 g/mol. The number of methoxy groups -OCH3 is 1. The molecule has 0 aliphatic carbocycles. The zero-order valence-corrected chi connectivity index (χ0v) is 10.8. The molecule has 0 aliphatic heterocycles. The molecule has 2 N–H and O–H groups in total. The van der Waals surface area contributed by atoms with Crippen molar-refractivity contribution in [3.05, 3.63) is 23.7 Å². The van der Waals surface area contributed by atoms with E-state index in [1.165, 1.54) is 0 Å². The predicted molar refractivity (Wildman–Crippen MR) is 65.7 cm³/mol. The lowest BCUT2D eigenvalue weighted by molar-refractivity contribution is 0.133. The second-order valence-electron chi connectivity index (χ2n) is 4.35. The number of furan rings is 1. The Hall–Kier alpha value is -0.880. The van der Waals surface area contributed by atoms with Crippen LogP contribution in [0, 0.1) is 0 Å². The Balaban J connectivity index is 2.21. The summed E-state index contributed by atoms with van der Waals surface area (Å²) in [4.78, 5) is 1.95. The fourth-order valence-corrected chi connectivity index (χ4v) is 1.59. The molecule has 0 aromatic carbocycles. The molecule has 0 amide bonds. The van der Waals surface area contributed by atoms with Crippen LogP contribution < -0.4 is 5.32 Å². The molecule has 0 bridgehead atoms. The average Bonchev–Trinajstić information content (AvgIpc) is 2.65. The van der Waals surface area contributed by atoms with Gasteiger partial charge in [-0.05, 0) is 26.2 Å². The first-order valence-electron chi connectivity index (χ1n) is 5.72. The first-order chi connectivity index (χ1) is 8.11. The van der Waals surface area contributed by atoms with Gasteiger partial charge in [0.05, 0.1) is 12.6 Å². The van der Waals surface area contributed by atoms with Crippen molar-refractivity contribution in [3.8, 4) is 0 Å². The van der Waals surface area contributed by atoms with Gasteiger partial charge in [-0.25, -0.2) is 0 Å². The summed E-state index contributed by atoms with van der Waals surface area (Å²) < 4.78 is 10.5. The molecule has 0 radical (unpaired) electrons. The van der Waals surface area contributed by atoms with Crippen molar-refractivity contribution >= 4 is 0 Å². The number of aliphatic hydroxyl groups is 1.